The predicted octanol–water partition coefficient (Wildman–Crippen LogP) is 0.995. The van der Waals surface area contributed by atoms with Crippen LogP contribution >= 0.6 is 0 Å². The third kappa shape index (κ3) is 1.78. The number of likely N-dealkylation sites (N-methyl/N-ethyl adjacent to an activating group) is 1. The van der Waals surface area contributed by atoms with E-state index in [1.54, 1.807) is 0 Å². The van der Waals surface area contributed by atoms with E-state index < -0.39 is 0 Å². The van der Waals surface area contributed by atoms with E-state index in [-0.39, 0.29) is 6.04 Å². The van der Waals surface area contributed by atoms with Gasteiger partial charge < -0.3 is 10.2 Å². The van der Waals surface area contributed by atoms with Gasteiger partial charge >= 0.3 is 0 Å². The van der Waals surface area contributed by atoms with Gasteiger partial charge in [-0.3, -0.25) is 4.79 Å². The second-order valence-corrected chi connectivity index (χ2v) is 4.65. The number of hydrogen-bond acceptors (Lipinski definition) is 2. The zero-order valence-corrected chi connectivity index (χ0v) is 9.12. The van der Waals surface area contributed by atoms with Crippen molar-refractivity contribution in [3.8, 4) is 0 Å². The van der Waals surface area contributed by atoms with E-state index in [2.05, 4.69) is 17.1 Å². The molecule has 0 aromatic carbocycles. The molecule has 0 bridgehead atoms. The Morgan fingerprint density at radius 3 is 2.64 bits per heavy atom. The molecular formula is C11H20N2O. The number of nitrogens with zero attached hydrogens (tertiary/aromatic N) is 1. The van der Waals surface area contributed by atoms with Crippen LogP contribution in [0.3, 0.4) is 0 Å². The molecule has 3 heteroatoms. The first-order chi connectivity index (χ1) is 6.74. The van der Waals surface area contributed by atoms with Gasteiger partial charge in [0.2, 0.25) is 5.91 Å². The van der Waals surface area contributed by atoms with E-state index in [4.69, 9.17) is 0 Å². The minimum absolute atomic E-state index is 0.0538. The molecule has 1 heterocycles. The van der Waals surface area contributed by atoms with Gasteiger partial charge in [-0.25, -0.2) is 0 Å². The third-order valence-electron chi connectivity index (χ3n) is 3.48. The Hall–Kier alpha value is -0.570. The first kappa shape index (κ1) is 9.97. The highest BCUT2D eigenvalue weighted by Crippen LogP contribution is 2.30. The van der Waals surface area contributed by atoms with Gasteiger partial charge in [-0.05, 0) is 38.6 Å². The van der Waals surface area contributed by atoms with Crippen molar-refractivity contribution in [3.05, 3.63) is 0 Å². The Labute approximate surface area is 85.8 Å². The minimum atomic E-state index is 0.0538. The highest BCUT2D eigenvalue weighted by Gasteiger charge is 2.38. The lowest BCUT2D eigenvalue weighted by atomic mass is 9.98. The van der Waals surface area contributed by atoms with Crippen LogP contribution in [0, 0.1) is 5.92 Å². The third-order valence-corrected chi connectivity index (χ3v) is 3.48. The molecule has 1 aliphatic carbocycles. The summed E-state index contributed by atoms with van der Waals surface area (Å²) in [5.41, 5.74) is 0. The summed E-state index contributed by atoms with van der Waals surface area (Å²) in [7, 11) is 1.90. The molecule has 1 saturated carbocycles. The number of amides is 1. The Balaban J connectivity index is 2.09. The van der Waals surface area contributed by atoms with Crippen LogP contribution in [0.5, 0.6) is 0 Å². The van der Waals surface area contributed by atoms with Gasteiger partial charge in [-0.2, -0.15) is 0 Å². The Bertz CT molecular complexity index is 221. The molecule has 2 atom stereocenters. The van der Waals surface area contributed by atoms with Crippen LogP contribution < -0.4 is 5.32 Å². The van der Waals surface area contributed by atoms with Crippen LogP contribution in [0.15, 0.2) is 0 Å². The van der Waals surface area contributed by atoms with Crippen molar-refractivity contribution in [1.29, 1.82) is 0 Å². The topological polar surface area (TPSA) is 32.3 Å². The maximum Gasteiger partial charge on any atom is 0.240 e. The van der Waals surface area contributed by atoms with E-state index in [1.165, 1.54) is 25.7 Å². The predicted molar refractivity (Wildman–Crippen MR) is 56.0 cm³/mol. The summed E-state index contributed by atoms with van der Waals surface area (Å²) in [5.74, 6) is 0.816. The van der Waals surface area contributed by atoms with Crippen molar-refractivity contribution in [3.63, 3.8) is 0 Å². The molecule has 0 spiro atoms. The van der Waals surface area contributed by atoms with Gasteiger partial charge in [0.25, 0.3) is 0 Å². The first-order valence-corrected chi connectivity index (χ1v) is 5.71. The molecule has 1 N–H and O–H groups in total. The van der Waals surface area contributed by atoms with Crippen LogP contribution in [0.25, 0.3) is 0 Å². The van der Waals surface area contributed by atoms with E-state index >= 15 is 0 Å². The van der Waals surface area contributed by atoms with Gasteiger partial charge in [-0.15, -0.1) is 0 Å². The van der Waals surface area contributed by atoms with Gasteiger partial charge in [0.1, 0.15) is 0 Å². The Kier molecular flexibility index (Phi) is 2.77. The molecule has 1 amide bonds. The summed E-state index contributed by atoms with van der Waals surface area (Å²) in [5, 5.41) is 3.16. The second-order valence-electron chi connectivity index (χ2n) is 4.65. The first-order valence-electron chi connectivity index (χ1n) is 5.71. The van der Waals surface area contributed by atoms with Crippen molar-refractivity contribution in [2.24, 2.45) is 5.92 Å². The summed E-state index contributed by atoms with van der Waals surface area (Å²) in [6, 6.07) is 0.627. The SMILES string of the molecule is CNC1C(=O)N(C2CC2)CCCC1C. The van der Waals surface area contributed by atoms with Crippen molar-refractivity contribution in [1.82, 2.24) is 10.2 Å². The number of likely N-dealkylation sites (tertiary alicyclic amines) is 1. The molecule has 1 saturated heterocycles. The van der Waals surface area contributed by atoms with Crippen LogP contribution in [0.2, 0.25) is 0 Å². The number of nitrogens with one attached hydrogen (secondary N) is 1. The second kappa shape index (κ2) is 3.89. The molecule has 1 aliphatic heterocycles. The van der Waals surface area contributed by atoms with E-state index in [0.29, 0.717) is 17.9 Å². The van der Waals surface area contributed by atoms with E-state index in [9.17, 15) is 4.79 Å². The fraction of sp³-hybridized carbons (Fsp3) is 0.909. The molecule has 0 aromatic heterocycles. The monoisotopic (exact) mass is 196 g/mol. The number of carbonyl (C=O) groups excluding carboxylic acids is 1. The summed E-state index contributed by atoms with van der Waals surface area (Å²) in [6.45, 7) is 3.15. The van der Waals surface area contributed by atoms with Crippen LogP contribution in [-0.4, -0.2) is 36.5 Å². The molecule has 3 nitrogen and oxygen atoms in total. The molecule has 2 aliphatic rings. The van der Waals surface area contributed by atoms with Crippen molar-refractivity contribution >= 4 is 5.91 Å². The standard InChI is InChI=1S/C11H20N2O/c1-8-4-3-7-13(9-5-6-9)11(14)10(8)12-2/h8-10,12H,3-7H2,1-2H3. The largest absolute Gasteiger partial charge is 0.338 e. The molecule has 2 unspecified atom stereocenters. The van der Waals surface area contributed by atoms with E-state index in [1.807, 2.05) is 7.05 Å². The van der Waals surface area contributed by atoms with Crippen molar-refractivity contribution in [2.75, 3.05) is 13.6 Å². The van der Waals surface area contributed by atoms with Crippen LogP contribution in [-0.2, 0) is 4.79 Å². The minimum Gasteiger partial charge on any atom is -0.338 e. The van der Waals surface area contributed by atoms with Crippen LogP contribution in [0.4, 0.5) is 0 Å². The summed E-state index contributed by atoms with van der Waals surface area (Å²) >= 11 is 0. The van der Waals surface area contributed by atoms with Gasteiger partial charge in [0.15, 0.2) is 0 Å². The normalized spacial score (nSPS) is 34.4. The van der Waals surface area contributed by atoms with Gasteiger partial charge in [-0.1, -0.05) is 6.92 Å². The lowest BCUT2D eigenvalue weighted by molar-refractivity contribution is -0.134. The van der Waals surface area contributed by atoms with Crippen LogP contribution in [0.1, 0.15) is 32.6 Å². The molecular weight excluding hydrogens is 176 g/mol. The van der Waals surface area contributed by atoms with E-state index in [0.717, 1.165) is 6.54 Å². The Morgan fingerprint density at radius 2 is 2.07 bits per heavy atom. The lowest BCUT2D eigenvalue weighted by Crippen LogP contribution is -2.47. The van der Waals surface area contributed by atoms with Crippen molar-refractivity contribution < 1.29 is 4.79 Å². The highest BCUT2D eigenvalue weighted by molar-refractivity contribution is 5.83. The zero-order chi connectivity index (χ0) is 10.1. The molecule has 2 fully saturated rings. The molecule has 14 heavy (non-hydrogen) atoms. The smallest absolute Gasteiger partial charge is 0.240 e. The maximum atomic E-state index is 12.1. The average Bonchev–Trinajstić information content (AvgIpc) is 2.95. The fourth-order valence-electron chi connectivity index (χ4n) is 2.44. The number of rotatable bonds is 2. The highest BCUT2D eigenvalue weighted by atomic mass is 16.2. The molecule has 0 aromatic rings. The maximum absolute atomic E-state index is 12.1. The summed E-state index contributed by atoms with van der Waals surface area (Å²) in [6.07, 6.45) is 4.77. The van der Waals surface area contributed by atoms with Gasteiger partial charge in [0.05, 0.1) is 6.04 Å². The molecule has 2 rings (SSSR count). The average molecular weight is 196 g/mol. The zero-order valence-electron chi connectivity index (χ0n) is 9.12. The summed E-state index contributed by atoms with van der Waals surface area (Å²) in [4.78, 5) is 14.2. The quantitative estimate of drug-likeness (QED) is 0.714. The van der Waals surface area contributed by atoms with Crippen molar-refractivity contribution in [2.45, 2.75) is 44.7 Å². The lowest BCUT2D eigenvalue weighted by Gasteiger charge is -2.25. The Morgan fingerprint density at radius 1 is 1.36 bits per heavy atom. The summed E-state index contributed by atoms with van der Waals surface area (Å²) < 4.78 is 0. The van der Waals surface area contributed by atoms with Gasteiger partial charge in [0, 0.05) is 12.6 Å². The fourth-order valence-corrected chi connectivity index (χ4v) is 2.44. The molecule has 80 valence electrons. The molecule has 0 radical (unpaired) electrons. The number of hydrogen-bond donors (Lipinski definition) is 1. The number of carbonyl (C=O) groups is 1.